The van der Waals surface area contributed by atoms with Crippen molar-refractivity contribution in [2.45, 2.75) is 32.2 Å². The highest BCUT2D eigenvalue weighted by molar-refractivity contribution is 5.48. The molecule has 1 heterocycles. The first kappa shape index (κ1) is 17.5. The highest BCUT2D eigenvalue weighted by atomic mass is 19.4. The Bertz CT molecular complexity index is 469. The summed E-state index contributed by atoms with van der Waals surface area (Å²) in [6, 6.07) is 1.77. The van der Waals surface area contributed by atoms with Crippen LogP contribution in [0.15, 0.2) is 12.1 Å². The lowest BCUT2D eigenvalue weighted by Crippen LogP contribution is -2.36. The fourth-order valence-electron chi connectivity index (χ4n) is 1.81. The zero-order chi connectivity index (χ0) is 16.3. The third-order valence-corrected chi connectivity index (χ3v) is 2.63. The molecule has 0 aliphatic rings. The van der Waals surface area contributed by atoms with Crippen LogP contribution < -0.4 is 10.6 Å². The number of alkyl halides is 6. The summed E-state index contributed by atoms with van der Waals surface area (Å²) in [5.41, 5.74) is 4.28. The maximum atomic E-state index is 12.7. The smallest absolute Gasteiger partial charge is 0.347 e. The number of pyridine rings is 1. The molecule has 0 radical (unpaired) electrons. The molecule has 1 aromatic rings. The maximum absolute atomic E-state index is 12.7. The maximum Gasteiger partial charge on any atom is 0.433 e. The second-order valence-electron chi connectivity index (χ2n) is 4.42. The molecule has 0 unspecified atom stereocenters. The lowest BCUT2D eigenvalue weighted by atomic mass is 10.2. The normalized spacial score (nSPS) is 12.6. The van der Waals surface area contributed by atoms with Crippen molar-refractivity contribution in [1.29, 1.82) is 0 Å². The molecule has 120 valence electrons. The van der Waals surface area contributed by atoms with Gasteiger partial charge in [0.2, 0.25) is 0 Å². The van der Waals surface area contributed by atoms with E-state index in [1.807, 2.05) is 0 Å². The zero-order valence-electron chi connectivity index (χ0n) is 11.2. The van der Waals surface area contributed by atoms with E-state index in [1.165, 1.54) is 0 Å². The molecule has 1 rings (SSSR count). The fourth-order valence-corrected chi connectivity index (χ4v) is 1.81. The average molecular weight is 315 g/mol. The van der Waals surface area contributed by atoms with Crippen molar-refractivity contribution in [3.63, 3.8) is 0 Å². The molecule has 21 heavy (non-hydrogen) atoms. The predicted octanol–water partition coefficient (Wildman–Crippen LogP) is 3.34. The first-order chi connectivity index (χ1) is 9.58. The number of nitrogens with two attached hydrogens (primary N) is 1. The quantitative estimate of drug-likeness (QED) is 0.848. The summed E-state index contributed by atoms with van der Waals surface area (Å²) in [4.78, 5) is 4.11. The van der Waals surface area contributed by atoms with Gasteiger partial charge < -0.3 is 10.6 Å². The second-order valence-corrected chi connectivity index (χ2v) is 4.42. The molecule has 9 heteroatoms. The van der Waals surface area contributed by atoms with Gasteiger partial charge in [-0.2, -0.15) is 26.3 Å². The summed E-state index contributed by atoms with van der Waals surface area (Å²) in [7, 11) is 0. The van der Waals surface area contributed by atoms with Crippen LogP contribution in [0.1, 0.15) is 24.6 Å². The molecular formula is C12H15F6N3. The SMILES string of the molecule is CCCN(CC(F)(F)F)c1nc(C(F)(F)F)ccc1CN. The van der Waals surface area contributed by atoms with E-state index in [1.54, 1.807) is 6.92 Å². The second kappa shape index (κ2) is 6.50. The van der Waals surface area contributed by atoms with Gasteiger partial charge in [-0.15, -0.1) is 0 Å². The van der Waals surface area contributed by atoms with Crippen LogP contribution in [0.25, 0.3) is 0 Å². The summed E-state index contributed by atoms with van der Waals surface area (Å²) < 4.78 is 75.7. The molecule has 1 aromatic heterocycles. The van der Waals surface area contributed by atoms with Crippen LogP contribution >= 0.6 is 0 Å². The van der Waals surface area contributed by atoms with Crippen molar-refractivity contribution >= 4 is 5.82 Å². The van der Waals surface area contributed by atoms with E-state index in [2.05, 4.69) is 4.98 Å². The topological polar surface area (TPSA) is 42.2 Å². The monoisotopic (exact) mass is 315 g/mol. The third kappa shape index (κ3) is 5.07. The van der Waals surface area contributed by atoms with Gasteiger partial charge in [0, 0.05) is 18.7 Å². The molecule has 0 aliphatic heterocycles. The Balaban J connectivity index is 3.26. The Hall–Kier alpha value is -1.51. The molecule has 0 saturated carbocycles. The zero-order valence-corrected chi connectivity index (χ0v) is 11.2. The Labute approximate surface area is 117 Å². The Morgan fingerprint density at radius 1 is 1.14 bits per heavy atom. The summed E-state index contributed by atoms with van der Waals surface area (Å²) in [5.74, 6) is -0.369. The number of halogens is 6. The number of hydrogen-bond donors (Lipinski definition) is 1. The Morgan fingerprint density at radius 2 is 1.76 bits per heavy atom. The first-order valence-corrected chi connectivity index (χ1v) is 6.17. The van der Waals surface area contributed by atoms with E-state index in [-0.39, 0.29) is 24.5 Å². The standard InChI is InChI=1S/C12H15F6N3/c1-2-5-21(7-11(13,14)15)10-8(6-19)3-4-9(20-10)12(16,17)18/h3-4H,2,5-7,19H2,1H3. The molecule has 0 saturated heterocycles. The van der Waals surface area contributed by atoms with Crippen LogP contribution in [-0.4, -0.2) is 24.2 Å². The van der Waals surface area contributed by atoms with Gasteiger partial charge in [0.05, 0.1) is 0 Å². The number of rotatable bonds is 5. The van der Waals surface area contributed by atoms with Gasteiger partial charge >= 0.3 is 12.4 Å². The van der Waals surface area contributed by atoms with Crippen LogP contribution in [0, 0.1) is 0 Å². The fraction of sp³-hybridized carbons (Fsp3) is 0.583. The molecular weight excluding hydrogens is 300 g/mol. The van der Waals surface area contributed by atoms with E-state index in [4.69, 9.17) is 5.73 Å². The van der Waals surface area contributed by atoms with Crippen molar-refractivity contribution in [2.24, 2.45) is 5.73 Å². The van der Waals surface area contributed by atoms with E-state index in [0.29, 0.717) is 12.5 Å². The van der Waals surface area contributed by atoms with Gasteiger partial charge in [0.15, 0.2) is 0 Å². The van der Waals surface area contributed by atoms with Gasteiger partial charge in [-0.3, -0.25) is 0 Å². The average Bonchev–Trinajstić information content (AvgIpc) is 2.35. The Kier molecular flexibility index (Phi) is 5.43. The molecule has 0 atom stereocenters. The summed E-state index contributed by atoms with van der Waals surface area (Å²) in [5, 5.41) is 0. The van der Waals surface area contributed by atoms with Crippen molar-refractivity contribution < 1.29 is 26.3 Å². The van der Waals surface area contributed by atoms with Gasteiger partial charge in [-0.25, -0.2) is 4.98 Å². The minimum absolute atomic E-state index is 0.0686. The first-order valence-electron chi connectivity index (χ1n) is 6.17. The molecule has 0 aliphatic carbocycles. The minimum atomic E-state index is -4.72. The highest BCUT2D eigenvalue weighted by Gasteiger charge is 2.35. The lowest BCUT2D eigenvalue weighted by Gasteiger charge is -2.27. The van der Waals surface area contributed by atoms with E-state index in [9.17, 15) is 26.3 Å². The molecule has 0 amide bonds. The van der Waals surface area contributed by atoms with E-state index < -0.39 is 24.6 Å². The van der Waals surface area contributed by atoms with Gasteiger partial charge in [0.1, 0.15) is 18.1 Å². The molecule has 0 aromatic carbocycles. The van der Waals surface area contributed by atoms with Crippen LogP contribution in [0.5, 0.6) is 0 Å². The van der Waals surface area contributed by atoms with Crippen molar-refractivity contribution in [1.82, 2.24) is 4.98 Å². The lowest BCUT2D eigenvalue weighted by molar-refractivity contribution is -0.141. The van der Waals surface area contributed by atoms with Gasteiger partial charge in [-0.1, -0.05) is 13.0 Å². The molecule has 0 spiro atoms. The molecule has 0 bridgehead atoms. The highest BCUT2D eigenvalue weighted by Crippen LogP contribution is 2.31. The van der Waals surface area contributed by atoms with Crippen LogP contribution in [0.4, 0.5) is 32.2 Å². The van der Waals surface area contributed by atoms with Crippen LogP contribution in [-0.2, 0) is 12.7 Å². The third-order valence-electron chi connectivity index (χ3n) is 2.63. The minimum Gasteiger partial charge on any atom is -0.347 e. The summed E-state index contributed by atoms with van der Waals surface area (Å²) in [6.07, 6.45) is -8.94. The van der Waals surface area contributed by atoms with Crippen molar-refractivity contribution in [3.8, 4) is 0 Å². The Morgan fingerprint density at radius 3 is 2.19 bits per heavy atom. The number of nitrogens with zero attached hydrogens (tertiary/aromatic N) is 2. The summed E-state index contributed by atoms with van der Waals surface area (Å²) >= 11 is 0. The van der Waals surface area contributed by atoms with E-state index in [0.717, 1.165) is 11.0 Å². The molecule has 3 nitrogen and oxygen atoms in total. The van der Waals surface area contributed by atoms with E-state index >= 15 is 0 Å². The number of anilines is 1. The molecule has 2 N–H and O–H groups in total. The number of hydrogen-bond acceptors (Lipinski definition) is 3. The largest absolute Gasteiger partial charge is 0.433 e. The van der Waals surface area contributed by atoms with Crippen LogP contribution in [0.2, 0.25) is 0 Å². The van der Waals surface area contributed by atoms with Gasteiger partial charge in [-0.05, 0) is 12.5 Å². The van der Waals surface area contributed by atoms with Crippen molar-refractivity contribution in [2.75, 3.05) is 18.0 Å². The number of aromatic nitrogens is 1. The van der Waals surface area contributed by atoms with Gasteiger partial charge in [0.25, 0.3) is 0 Å². The van der Waals surface area contributed by atoms with Crippen molar-refractivity contribution in [3.05, 3.63) is 23.4 Å². The van der Waals surface area contributed by atoms with Crippen LogP contribution in [0.3, 0.4) is 0 Å². The predicted molar refractivity (Wildman–Crippen MR) is 65.7 cm³/mol. The summed E-state index contributed by atoms with van der Waals surface area (Å²) in [6.45, 7) is -0.0133. The molecule has 0 fully saturated rings.